The van der Waals surface area contributed by atoms with Gasteiger partial charge in [0.05, 0.1) is 11.4 Å². The minimum absolute atomic E-state index is 0.107. The Morgan fingerprint density at radius 1 is 1.21 bits per heavy atom. The molecule has 0 aromatic rings. The number of hydrogen-bond acceptors (Lipinski definition) is 6. The lowest BCUT2D eigenvalue weighted by Crippen LogP contribution is -2.45. The lowest BCUT2D eigenvalue weighted by Gasteiger charge is -2.19. The molecule has 136 valence electrons. The lowest BCUT2D eigenvalue weighted by molar-refractivity contribution is -0.151. The van der Waals surface area contributed by atoms with Gasteiger partial charge in [-0.3, -0.25) is 9.59 Å². The molecule has 1 amide bonds. The van der Waals surface area contributed by atoms with Crippen molar-refractivity contribution >= 4 is 33.7 Å². The summed E-state index contributed by atoms with van der Waals surface area (Å²) >= 11 is 0. The summed E-state index contributed by atoms with van der Waals surface area (Å²) in [5, 5.41) is 1.55. The van der Waals surface area contributed by atoms with E-state index in [9.17, 15) is 22.8 Å². The Morgan fingerprint density at radius 3 is 2.25 bits per heavy atom. The molecule has 0 spiro atoms. The fourth-order valence-corrected chi connectivity index (χ4v) is 2.35. The summed E-state index contributed by atoms with van der Waals surface area (Å²) in [5.41, 5.74) is 8.28. The number of nitrogens with zero attached hydrogens (tertiary/aromatic N) is 2. The van der Waals surface area contributed by atoms with Crippen LogP contribution in [0.5, 0.6) is 0 Å². The van der Waals surface area contributed by atoms with Gasteiger partial charge in [0.25, 0.3) is 0 Å². The van der Waals surface area contributed by atoms with Crippen molar-refractivity contribution in [1.29, 1.82) is 0 Å². The Morgan fingerprint density at radius 2 is 1.79 bits per heavy atom. The number of carbonyl (C=O) groups excluding carboxylic acids is 3. The number of esters is 1. The van der Waals surface area contributed by atoms with Crippen molar-refractivity contribution in [3.8, 4) is 0 Å². The molecular formula is C14H23N3O6S. The predicted molar refractivity (Wildman–Crippen MR) is 86.0 cm³/mol. The third-order valence-electron chi connectivity index (χ3n) is 2.90. The largest absolute Gasteiger partial charge is 0.461 e. The van der Waals surface area contributed by atoms with Gasteiger partial charge in [-0.05, 0) is 34.1 Å². The number of ether oxygens (including phenoxy) is 1. The molecule has 0 aromatic carbocycles. The SMILES string of the molecule is CC(C)OC(=O)[C@H](CCC(=O)C=[N+]=[N-])NC(=O)CS(=O)(=O)C(C)C. The normalized spacial score (nSPS) is 12.4. The van der Waals surface area contributed by atoms with E-state index in [1.807, 2.05) is 0 Å². The van der Waals surface area contributed by atoms with Gasteiger partial charge in [0, 0.05) is 6.42 Å². The van der Waals surface area contributed by atoms with Crippen LogP contribution in [0.1, 0.15) is 40.5 Å². The van der Waals surface area contributed by atoms with E-state index in [0.29, 0.717) is 6.21 Å². The Balaban J connectivity index is 4.98. The van der Waals surface area contributed by atoms with Gasteiger partial charge >= 0.3 is 12.2 Å². The first kappa shape index (κ1) is 21.9. The Labute approximate surface area is 141 Å². The number of ketones is 1. The second kappa shape index (κ2) is 9.94. The van der Waals surface area contributed by atoms with Gasteiger partial charge in [0.15, 0.2) is 9.84 Å². The maximum atomic E-state index is 12.0. The topological polar surface area (TPSA) is 143 Å². The number of carbonyl (C=O) groups is 3. The Bertz CT molecular complexity index is 620. The molecule has 9 nitrogen and oxygen atoms in total. The van der Waals surface area contributed by atoms with Gasteiger partial charge in [-0.25, -0.2) is 13.2 Å². The fraction of sp³-hybridized carbons (Fsp3) is 0.714. The molecule has 0 rings (SSSR count). The Hall–Kier alpha value is -2.06. The van der Waals surface area contributed by atoms with E-state index in [0.717, 1.165) is 0 Å². The zero-order valence-corrected chi connectivity index (χ0v) is 15.0. The van der Waals surface area contributed by atoms with Crippen LogP contribution in [0.3, 0.4) is 0 Å². The van der Waals surface area contributed by atoms with Gasteiger partial charge in [-0.2, -0.15) is 4.79 Å². The van der Waals surface area contributed by atoms with Crippen molar-refractivity contribution in [3.63, 3.8) is 0 Å². The zero-order valence-electron chi connectivity index (χ0n) is 14.2. The fourth-order valence-electron chi connectivity index (χ4n) is 1.56. The molecule has 0 aromatic heterocycles. The molecule has 0 radical (unpaired) electrons. The highest BCUT2D eigenvalue weighted by atomic mass is 32.2. The monoisotopic (exact) mass is 361 g/mol. The number of rotatable bonds is 10. The van der Waals surface area contributed by atoms with E-state index in [1.54, 1.807) is 13.8 Å². The van der Waals surface area contributed by atoms with Crippen molar-refractivity contribution in [2.45, 2.75) is 57.9 Å². The third kappa shape index (κ3) is 8.54. The quantitative estimate of drug-likeness (QED) is 0.249. The number of Topliss-reactive ketones (excluding diaryl/α,β-unsaturated/α-hetero) is 1. The van der Waals surface area contributed by atoms with Crippen molar-refractivity contribution in [3.05, 3.63) is 5.53 Å². The van der Waals surface area contributed by atoms with Crippen LogP contribution in [0.15, 0.2) is 0 Å². The summed E-state index contributed by atoms with van der Waals surface area (Å²) in [4.78, 5) is 37.8. The summed E-state index contributed by atoms with van der Waals surface area (Å²) in [5.74, 6) is -2.93. The van der Waals surface area contributed by atoms with Gasteiger partial charge in [0.1, 0.15) is 11.8 Å². The highest BCUT2D eigenvalue weighted by molar-refractivity contribution is 7.92. The van der Waals surface area contributed by atoms with Gasteiger partial charge < -0.3 is 15.6 Å². The van der Waals surface area contributed by atoms with Crippen molar-refractivity contribution in [2.24, 2.45) is 0 Å². The van der Waals surface area contributed by atoms with E-state index in [1.165, 1.54) is 13.8 Å². The molecule has 0 aliphatic heterocycles. The number of nitrogens with one attached hydrogen (secondary N) is 1. The maximum absolute atomic E-state index is 12.0. The summed E-state index contributed by atoms with van der Waals surface area (Å²) in [6.07, 6.45) is -0.0511. The van der Waals surface area contributed by atoms with Crippen LogP contribution in [-0.2, 0) is 29.0 Å². The van der Waals surface area contributed by atoms with Gasteiger partial charge in [-0.15, -0.1) is 0 Å². The molecule has 0 unspecified atom stereocenters. The van der Waals surface area contributed by atoms with Crippen LogP contribution >= 0.6 is 0 Å². The molecule has 10 heteroatoms. The first-order chi connectivity index (χ1) is 11.0. The van der Waals surface area contributed by atoms with Crippen LogP contribution in [-0.4, -0.2) is 60.2 Å². The zero-order chi connectivity index (χ0) is 18.9. The Kier molecular flexibility index (Phi) is 9.09. The molecule has 0 bridgehead atoms. The van der Waals surface area contributed by atoms with Gasteiger partial charge in [-0.1, -0.05) is 0 Å². The molecule has 0 heterocycles. The maximum Gasteiger partial charge on any atom is 0.328 e. The highest BCUT2D eigenvalue weighted by Gasteiger charge is 2.27. The van der Waals surface area contributed by atoms with E-state index in [2.05, 4.69) is 10.1 Å². The van der Waals surface area contributed by atoms with Crippen LogP contribution in [0, 0.1) is 0 Å². The molecule has 0 saturated heterocycles. The molecule has 1 atom stereocenters. The molecule has 0 saturated carbocycles. The molecule has 0 fully saturated rings. The van der Waals surface area contributed by atoms with Crippen LogP contribution in [0.25, 0.3) is 5.53 Å². The molecule has 24 heavy (non-hydrogen) atoms. The molecule has 0 aliphatic carbocycles. The summed E-state index contributed by atoms with van der Waals surface area (Å²) < 4.78 is 28.5. The minimum Gasteiger partial charge on any atom is -0.461 e. The number of amides is 1. The minimum atomic E-state index is -3.62. The molecule has 0 aliphatic rings. The third-order valence-corrected chi connectivity index (χ3v) is 5.00. The van der Waals surface area contributed by atoms with E-state index < -0.39 is 50.6 Å². The lowest BCUT2D eigenvalue weighted by atomic mass is 10.1. The van der Waals surface area contributed by atoms with E-state index in [4.69, 9.17) is 10.3 Å². The van der Waals surface area contributed by atoms with Crippen molar-refractivity contribution in [2.75, 3.05) is 5.75 Å². The first-order valence-corrected chi connectivity index (χ1v) is 9.12. The summed E-state index contributed by atoms with van der Waals surface area (Å²) in [6, 6.07) is -1.17. The predicted octanol–water partition coefficient (Wildman–Crippen LogP) is -0.104. The number of hydrogen-bond donors (Lipinski definition) is 1. The van der Waals surface area contributed by atoms with Crippen LogP contribution in [0.2, 0.25) is 0 Å². The first-order valence-electron chi connectivity index (χ1n) is 7.41. The average Bonchev–Trinajstić information content (AvgIpc) is 2.42. The van der Waals surface area contributed by atoms with E-state index >= 15 is 0 Å². The van der Waals surface area contributed by atoms with E-state index in [-0.39, 0.29) is 12.8 Å². The summed E-state index contributed by atoms with van der Waals surface area (Å²) in [6.45, 7) is 6.12. The van der Waals surface area contributed by atoms with Crippen molar-refractivity contribution < 1.29 is 32.3 Å². The number of sulfone groups is 1. The van der Waals surface area contributed by atoms with Crippen LogP contribution in [0.4, 0.5) is 0 Å². The standard InChI is InChI=1S/C14H23N3O6S/c1-9(2)23-14(20)12(6-5-11(18)7-16-15)17-13(19)8-24(21,22)10(3)4/h7,9-10,12H,5-6,8H2,1-4H3,(H,17,19)/t12-/m0/s1. The second-order valence-electron chi connectivity index (χ2n) is 5.71. The second-order valence-corrected chi connectivity index (χ2v) is 8.27. The average molecular weight is 361 g/mol. The summed E-state index contributed by atoms with van der Waals surface area (Å²) in [7, 11) is -3.62. The van der Waals surface area contributed by atoms with Crippen LogP contribution < -0.4 is 5.32 Å². The highest BCUT2D eigenvalue weighted by Crippen LogP contribution is 2.05. The molecular weight excluding hydrogens is 338 g/mol. The molecule has 1 N–H and O–H groups in total. The smallest absolute Gasteiger partial charge is 0.328 e. The van der Waals surface area contributed by atoms with Crippen molar-refractivity contribution in [1.82, 2.24) is 5.32 Å². The van der Waals surface area contributed by atoms with Gasteiger partial charge in [0.2, 0.25) is 11.7 Å².